The largest absolute Gasteiger partial charge is 0.457 e. The van der Waals surface area contributed by atoms with Gasteiger partial charge in [0.15, 0.2) is 11.3 Å². The van der Waals surface area contributed by atoms with Crippen LogP contribution < -0.4 is 32.4 Å². The van der Waals surface area contributed by atoms with Crippen LogP contribution in [0.15, 0.2) is 188 Å². The lowest BCUT2D eigenvalue weighted by Crippen LogP contribution is -2.12. The number of ether oxygens (including phenoxy) is 2. The Hall–Kier alpha value is -10.9. The predicted molar refractivity (Wildman–Crippen MR) is 280 cm³/mol. The van der Waals surface area contributed by atoms with E-state index < -0.39 is 11.8 Å². The highest BCUT2D eigenvalue weighted by molar-refractivity contribution is 6.03. The monoisotopic (exact) mass is 962 g/mol. The van der Waals surface area contributed by atoms with Gasteiger partial charge in [-0.05, 0) is 95.6 Å². The molecule has 0 saturated heterocycles. The number of nitrogen functional groups attached to an aromatic ring is 2. The minimum Gasteiger partial charge on any atom is -0.457 e. The van der Waals surface area contributed by atoms with Crippen molar-refractivity contribution < 1.29 is 23.9 Å². The van der Waals surface area contributed by atoms with Crippen molar-refractivity contribution in [3.63, 3.8) is 0 Å². The van der Waals surface area contributed by atoms with E-state index in [1.54, 1.807) is 12.1 Å². The zero-order valence-electron chi connectivity index (χ0n) is 38.6. The first-order valence-electron chi connectivity index (χ1n) is 22.1. The van der Waals surface area contributed by atoms with Crippen molar-refractivity contribution in [2.45, 2.75) is 0 Å². The summed E-state index contributed by atoms with van der Waals surface area (Å²) in [5.74, 6) is 2.40. The number of anilines is 2. The summed E-state index contributed by atoms with van der Waals surface area (Å²) < 4.78 is 15.6. The van der Waals surface area contributed by atoms with Crippen molar-refractivity contribution in [3.8, 4) is 56.6 Å². The Labute approximate surface area is 417 Å². The molecule has 10 aromatic rings. The molecule has 2 amide bonds. The van der Waals surface area contributed by atoms with Crippen molar-refractivity contribution in [3.05, 3.63) is 222 Å². The SMILES string of the molecule is Nc1ncnc2c1c(-c1ccc(Oc3ccccc3)cc1)cn2-c1cccc(C=O)c1.[C-]#[N+]/C(=C\c1cccc(-n2cc(-c3ccc(Oc4ccccc4)cc3)c3c(N)ncnc32)c1)C(N)=O.[C-]#[N+]CC(N)=O. The summed E-state index contributed by atoms with van der Waals surface area (Å²) in [6.07, 6.45) is 9.05. The Morgan fingerprint density at radius 1 is 0.562 bits per heavy atom. The van der Waals surface area contributed by atoms with Crippen LogP contribution in [0.4, 0.5) is 11.6 Å². The van der Waals surface area contributed by atoms with Crippen LogP contribution in [0.5, 0.6) is 23.0 Å². The first-order chi connectivity index (χ1) is 35.5. The Morgan fingerprint density at radius 2 is 1.00 bits per heavy atom. The van der Waals surface area contributed by atoms with Crippen LogP contribution in [0.1, 0.15) is 15.9 Å². The molecule has 8 N–H and O–H groups in total. The summed E-state index contributed by atoms with van der Waals surface area (Å²) in [7, 11) is 0. The van der Waals surface area contributed by atoms with Crippen LogP contribution >= 0.6 is 0 Å². The standard InChI is InChI=1S/C28H20N6O2.C25H18N4O2.C3H4N2O/c1-31-24(27(30)35)15-18-6-5-7-20(14-18)34-16-23(25-26(29)32-17-33-28(25)34)19-10-12-22(13-11-19)36-21-8-3-2-4-9-21;26-24-23-22(18-9-11-21(12-10-18)31-20-7-2-1-3-8-20)14-29(25(23)28-16-27-24)19-6-4-5-17(13-19)15-30;1-5-2-3(4)6/h2-17H,(H2,30,35)(H2,29,32,33);1-16H,(H2,26,27,28);2H2,(H2,4,6)/b24-15-;;. The van der Waals surface area contributed by atoms with E-state index in [-0.39, 0.29) is 12.2 Å². The van der Waals surface area contributed by atoms with Gasteiger partial charge in [0.1, 0.15) is 53.6 Å². The molecule has 356 valence electrons. The van der Waals surface area contributed by atoms with Gasteiger partial charge in [-0.1, -0.05) is 84.9 Å². The first kappa shape index (κ1) is 48.5. The van der Waals surface area contributed by atoms with Crippen molar-refractivity contribution in [2.75, 3.05) is 18.0 Å². The fourth-order valence-electron chi connectivity index (χ4n) is 7.56. The molecular weight excluding hydrogens is 921 g/mol. The highest BCUT2D eigenvalue weighted by atomic mass is 16.5. The first-order valence-corrected chi connectivity index (χ1v) is 22.1. The van der Waals surface area contributed by atoms with Crippen molar-refractivity contribution >= 4 is 57.9 Å². The van der Waals surface area contributed by atoms with Gasteiger partial charge in [0.25, 0.3) is 12.5 Å². The third-order valence-electron chi connectivity index (χ3n) is 10.9. The third-order valence-corrected chi connectivity index (χ3v) is 10.9. The minimum atomic E-state index is -0.774. The number of aromatic nitrogens is 6. The van der Waals surface area contributed by atoms with E-state index in [4.69, 9.17) is 39.8 Å². The summed E-state index contributed by atoms with van der Waals surface area (Å²) >= 11 is 0. The topological polar surface area (TPSA) is 244 Å². The molecule has 17 heteroatoms. The molecule has 0 aliphatic heterocycles. The van der Waals surface area contributed by atoms with Gasteiger partial charge >= 0.3 is 0 Å². The maximum atomic E-state index is 11.5. The molecule has 0 atom stereocenters. The number of nitrogens with zero attached hydrogens (tertiary/aromatic N) is 8. The molecule has 73 heavy (non-hydrogen) atoms. The molecular formula is C56H42N12O5. The number of para-hydroxylation sites is 2. The second-order valence-corrected chi connectivity index (χ2v) is 15.7. The molecule has 4 aromatic heterocycles. The van der Waals surface area contributed by atoms with E-state index >= 15 is 0 Å². The van der Waals surface area contributed by atoms with E-state index in [0.29, 0.717) is 45.2 Å². The molecule has 0 fully saturated rings. The van der Waals surface area contributed by atoms with E-state index in [0.717, 1.165) is 62.5 Å². The average Bonchev–Trinajstić information content (AvgIpc) is 4.01. The molecule has 0 spiro atoms. The molecule has 6 aromatic carbocycles. The summed E-state index contributed by atoms with van der Waals surface area (Å²) in [5.41, 5.74) is 30.0. The number of aldehydes is 1. The number of benzene rings is 6. The molecule has 0 aliphatic carbocycles. The second kappa shape index (κ2) is 22.5. The number of hydrogen-bond donors (Lipinski definition) is 4. The van der Waals surface area contributed by atoms with Gasteiger partial charge in [0.05, 0.1) is 17.3 Å². The zero-order valence-corrected chi connectivity index (χ0v) is 38.6. The normalized spacial score (nSPS) is 10.7. The quantitative estimate of drug-likeness (QED) is 0.0510. The number of carbonyl (C=O) groups is 3. The number of primary amides is 2. The molecule has 10 rings (SSSR count). The number of rotatable bonds is 12. The Bertz CT molecular complexity index is 3730. The predicted octanol–water partition coefficient (Wildman–Crippen LogP) is 9.87. The smallest absolute Gasteiger partial charge is 0.297 e. The Morgan fingerprint density at radius 3 is 1.40 bits per heavy atom. The number of fused-ring (bicyclic) bond motifs is 2. The van der Waals surface area contributed by atoms with Crippen LogP contribution in [-0.4, -0.2) is 53.7 Å². The lowest BCUT2D eigenvalue weighted by molar-refractivity contribution is -0.116. The highest BCUT2D eigenvalue weighted by Crippen LogP contribution is 2.37. The van der Waals surface area contributed by atoms with Crippen LogP contribution in [0.25, 0.3) is 71.5 Å². The van der Waals surface area contributed by atoms with Crippen molar-refractivity contribution in [2.24, 2.45) is 11.5 Å². The fourth-order valence-corrected chi connectivity index (χ4v) is 7.56. The maximum absolute atomic E-state index is 11.5. The summed E-state index contributed by atoms with van der Waals surface area (Å²) in [5, 5.41) is 1.48. The molecule has 0 bridgehead atoms. The third kappa shape index (κ3) is 11.5. The lowest BCUT2D eigenvalue weighted by atomic mass is 10.1. The fraction of sp³-hybridized carbons (Fsp3) is 0.0179. The van der Waals surface area contributed by atoms with E-state index in [1.807, 2.05) is 167 Å². The maximum Gasteiger partial charge on any atom is 0.297 e. The van der Waals surface area contributed by atoms with Gasteiger partial charge < -0.3 is 46.4 Å². The number of nitrogens with two attached hydrogens (primary N) is 4. The van der Waals surface area contributed by atoms with Crippen molar-refractivity contribution in [1.82, 2.24) is 29.1 Å². The van der Waals surface area contributed by atoms with Gasteiger partial charge in [0.2, 0.25) is 11.6 Å². The molecule has 0 unspecified atom stereocenters. The molecule has 4 heterocycles. The van der Waals surface area contributed by atoms with E-state index in [9.17, 15) is 14.4 Å². The van der Waals surface area contributed by atoms with Crippen LogP contribution in [0.2, 0.25) is 0 Å². The van der Waals surface area contributed by atoms with Gasteiger partial charge in [-0.15, -0.1) is 0 Å². The lowest BCUT2D eigenvalue weighted by Gasteiger charge is -2.07. The van der Waals surface area contributed by atoms with E-state index in [2.05, 4.69) is 35.4 Å². The van der Waals surface area contributed by atoms with Crippen LogP contribution in [-0.2, 0) is 9.59 Å². The number of amides is 2. The van der Waals surface area contributed by atoms with E-state index in [1.165, 1.54) is 18.7 Å². The van der Waals surface area contributed by atoms with Crippen LogP contribution in [0, 0.1) is 13.1 Å². The molecule has 0 radical (unpaired) electrons. The molecule has 0 saturated carbocycles. The van der Waals surface area contributed by atoms with Gasteiger partial charge in [-0.2, -0.15) is 0 Å². The summed E-state index contributed by atoms with van der Waals surface area (Å²) in [4.78, 5) is 55.5. The molecule has 17 nitrogen and oxygen atoms in total. The summed E-state index contributed by atoms with van der Waals surface area (Å²) in [6, 6.07) is 49.4. The average molecular weight is 963 g/mol. The van der Waals surface area contributed by atoms with Crippen molar-refractivity contribution in [1.29, 1.82) is 0 Å². The highest BCUT2D eigenvalue weighted by Gasteiger charge is 2.18. The Kier molecular flexibility index (Phi) is 14.9. The minimum absolute atomic E-state index is 0.144. The Balaban J connectivity index is 0.000000177. The zero-order chi connectivity index (χ0) is 51.3. The van der Waals surface area contributed by atoms with Crippen LogP contribution in [0.3, 0.4) is 0 Å². The number of hydrogen-bond acceptors (Lipinski definition) is 11. The second-order valence-electron chi connectivity index (χ2n) is 15.7. The molecule has 0 aliphatic rings. The number of carbonyl (C=O) groups excluding carboxylic acids is 3. The van der Waals surface area contributed by atoms with Gasteiger partial charge in [-0.25, -0.2) is 31.4 Å². The summed E-state index contributed by atoms with van der Waals surface area (Å²) in [6.45, 7) is 13.0. The van der Waals surface area contributed by atoms with Gasteiger partial charge in [-0.3, -0.25) is 14.4 Å². The van der Waals surface area contributed by atoms with Gasteiger partial charge in [0, 0.05) is 40.5 Å².